The quantitative estimate of drug-likeness (QED) is 0.353. The van der Waals surface area contributed by atoms with Crippen LogP contribution in [0.1, 0.15) is 18.1 Å². The molecule has 0 radical (unpaired) electrons. The number of hydrogen-bond acceptors (Lipinski definition) is 6. The van der Waals surface area contributed by atoms with E-state index in [1.54, 1.807) is 36.4 Å². The molecule has 34 heavy (non-hydrogen) atoms. The van der Waals surface area contributed by atoms with Crippen LogP contribution in [0.2, 0.25) is 0 Å². The number of nitrogens with one attached hydrogen (secondary N) is 1. The van der Waals surface area contributed by atoms with Gasteiger partial charge in [-0.15, -0.1) is 0 Å². The number of nitrogens with zero attached hydrogens (tertiary/aromatic N) is 2. The number of carbonyl (C=O) groups is 1. The van der Waals surface area contributed by atoms with Crippen LogP contribution in [0.4, 0.5) is 5.69 Å². The zero-order chi connectivity index (χ0) is 24.6. The van der Waals surface area contributed by atoms with Crippen molar-refractivity contribution < 1.29 is 22.7 Å². The highest BCUT2D eigenvalue weighted by Crippen LogP contribution is 2.23. The van der Waals surface area contributed by atoms with Crippen LogP contribution in [0.5, 0.6) is 11.5 Å². The van der Waals surface area contributed by atoms with Crippen LogP contribution in [0.3, 0.4) is 0 Å². The van der Waals surface area contributed by atoms with Crippen molar-refractivity contribution in [2.75, 3.05) is 17.7 Å². The van der Waals surface area contributed by atoms with Gasteiger partial charge in [-0.25, -0.2) is 13.8 Å². The molecule has 0 spiro atoms. The fourth-order valence-corrected chi connectivity index (χ4v) is 4.37. The van der Waals surface area contributed by atoms with Gasteiger partial charge < -0.3 is 9.47 Å². The Hall–Kier alpha value is -3.85. The number of ether oxygens (including phenoxy) is 2. The first kappa shape index (κ1) is 24.8. The lowest BCUT2D eigenvalue weighted by Gasteiger charge is -2.27. The number of hydrogen-bond donors (Lipinski definition) is 1. The van der Waals surface area contributed by atoms with Gasteiger partial charge in [0.05, 0.1) is 25.3 Å². The van der Waals surface area contributed by atoms with Gasteiger partial charge in [-0.1, -0.05) is 30.3 Å². The predicted molar refractivity (Wildman–Crippen MR) is 133 cm³/mol. The average molecular weight is 482 g/mol. The predicted octanol–water partition coefficient (Wildman–Crippen LogP) is 3.58. The number of benzene rings is 3. The van der Waals surface area contributed by atoms with E-state index >= 15 is 0 Å². The monoisotopic (exact) mass is 481 g/mol. The second kappa shape index (κ2) is 11.3. The molecule has 1 N–H and O–H groups in total. The molecular formula is C25H27N3O5S. The summed E-state index contributed by atoms with van der Waals surface area (Å²) < 4.78 is 36.6. The van der Waals surface area contributed by atoms with Gasteiger partial charge in [-0.05, 0) is 66.6 Å². The third-order valence-corrected chi connectivity index (χ3v) is 6.17. The fraction of sp³-hybridized carbons (Fsp3) is 0.200. The molecule has 9 heteroatoms. The van der Waals surface area contributed by atoms with Crippen LogP contribution in [0, 0.1) is 0 Å². The van der Waals surface area contributed by atoms with Crippen LogP contribution >= 0.6 is 0 Å². The van der Waals surface area contributed by atoms with Crippen molar-refractivity contribution in [1.29, 1.82) is 0 Å². The molecule has 0 aliphatic carbocycles. The molecule has 8 nitrogen and oxygen atoms in total. The lowest BCUT2D eigenvalue weighted by Crippen LogP contribution is -2.46. The molecule has 0 fully saturated rings. The summed E-state index contributed by atoms with van der Waals surface area (Å²) in [6.07, 6.45) is 2.52. The van der Waals surface area contributed by atoms with Crippen LogP contribution < -0.4 is 19.2 Å². The maximum Gasteiger partial charge on any atom is 0.263 e. The maximum atomic E-state index is 12.6. The summed E-state index contributed by atoms with van der Waals surface area (Å²) in [5, 5.41) is 3.96. The van der Waals surface area contributed by atoms with Crippen LogP contribution in [-0.4, -0.2) is 39.9 Å². The minimum absolute atomic E-state index is 0.348. The summed E-state index contributed by atoms with van der Waals surface area (Å²) in [5.74, 6) is 0.720. The molecule has 0 saturated carbocycles. The SMILES string of the molecule is COc1ccc(N([C@H](C)C(=O)N/N=C\c2ccc(OCc3ccccc3)cc2)S(C)(=O)=O)cc1. The van der Waals surface area contributed by atoms with Gasteiger partial charge >= 0.3 is 0 Å². The third-order valence-electron chi connectivity index (χ3n) is 4.93. The summed E-state index contributed by atoms with van der Waals surface area (Å²) in [6, 6.07) is 22.5. The smallest absolute Gasteiger partial charge is 0.263 e. The molecule has 1 amide bonds. The Morgan fingerprint density at radius 1 is 1.00 bits per heavy atom. The Labute approximate surface area is 199 Å². The highest BCUT2D eigenvalue weighted by atomic mass is 32.2. The minimum Gasteiger partial charge on any atom is -0.497 e. The van der Waals surface area contributed by atoms with Crippen molar-refractivity contribution in [1.82, 2.24) is 5.43 Å². The number of rotatable bonds is 10. The zero-order valence-corrected chi connectivity index (χ0v) is 20.0. The minimum atomic E-state index is -3.72. The van der Waals surface area contributed by atoms with E-state index < -0.39 is 22.0 Å². The number of carbonyl (C=O) groups excluding carboxylic acids is 1. The lowest BCUT2D eigenvalue weighted by molar-refractivity contribution is -0.121. The molecule has 0 unspecified atom stereocenters. The van der Waals surface area contributed by atoms with E-state index in [0.29, 0.717) is 23.8 Å². The number of methoxy groups -OCH3 is 1. The Morgan fingerprint density at radius 3 is 2.21 bits per heavy atom. The molecule has 3 rings (SSSR count). The molecular weight excluding hydrogens is 454 g/mol. The van der Waals surface area contributed by atoms with Crippen molar-refractivity contribution in [3.8, 4) is 11.5 Å². The Balaban J connectivity index is 1.59. The van der Waals surface area contributed by atoms with Gasteiger partial charge in [0, 0.05) is 0 Å². The molecule has 0 heterocycles. The average Bonchev–Trinajstić information content (AvgIpc) is 2.83. The van der Waals surface area contributed by atoms with Gasteiger partial charge in [-0.2, -0.15) is 5.10 Å². The van der Waals surface area contributed by atoms with Gasteiger partial charge in [0.25, 0.3) is 5.91 Å². The molecule has 0 aliphatic rings. The first-order chi connectivity index (χ1) is 16.3. The molecule has 3 aromatic carbocycles. The van der Waals surface area contributed by atoms with E-state index in [2.05, 4.69) is 10.5 Å². The topological polar surface area (TPSA) is 97.3 Å². The van der Waals surface area contributed by atoms with E-state index in [1.165, 1.54) is 20.2 Å². The van der Waals surface area contributed by atoms with Crippen molar-refractivity contribution >= 4 is 27.8 Å². The summed E-state index contributed by atoms with van der Waals surface area (Å²) in [7, 11) is -2.21. The van der Waals surface area contributed by atoms with Gasteiger partial charge in [0.1, 0.15) is 24.1 Å². The van der Waals surface area contributed by atoms with Crippen molar-refractivity contribution in [3.63, 3.8) is 0 Å². The highest BCUT2D eigenvalue weighted by molar-refractivity contribution is 7.92. The van der Waals surface area contributed by atoms with Crippen molar-refractivity contribution in [2.45, 2.75) is 19.6 Å². The molecule has 0 saturated heterocycles. The summed E-state index contributed by atoms with van der Waals surface area (Å²) in [6.45, 7) is 1.96. The van der Waals surface area contributed by atoms with E-state index in [-0.39, 0.29) is 0 Å². The molecule has 1 atom stereocenters. The Bertz CT molecular complexity index is 1210. The highest BCUT2D eigenvalue weighted by Gasteiger charge is 2.29. The number of anilines is 1. The number of hydrazone groups is 1. The van der Waals surface area contributed by atoms with Crippen LogP contribution in [0.25, 0.3) is 0 Å². The van der Waals surface area contributed by atoms with Crippen LogP contribution in [0.15, 0.2) is 84.0 Å². The largest absolute Gasteiger partial charge is 0.497 e. The second-order valence-corrected chi connectivity index (χ2v) is 9.37. The van der Waals surface area contributed by atoms with Crippen LogP contribution in [-0.2, 0) is 21.4 Å². The van der Waals surface area contributed by atoms with E-state index in [4.69, 9.17) is 9.47 Å². The second-order valence-electron chi connectivity index (χ2n) is 7.51. The molecule has 0 aliphatic heterocycles. The van der Waals surface area contributed by atoms with Gasteiger partial charge in [-0.3, -0.25) is 9.10 Å². The third kappa shape index (κ3) is 6.82. The molecule has 0 bridgehead atoms. The first-order valence-electron chi connectivity index (χ1n) is 10.5. The molecule has 178 valence electrons. The van der Waals surface area contributed by atoms with Crippen molar-refractivity contribution in [2.24, 2.45) is 5.10 Å². The maximum absolute atomic E-state index is 12.6. The van der Waals surface area contributed by atoms with Crippen molar-refractivity contribution in [3.05, 3.63) is 90.0 Å². The normalized spacial score (nSPS) is 12.2. The number of amides is 1. The summed E-state index contributed by atoms with van der Waals surface area (Å²) in [4.78, 5) is 12.6. The van der Waals surface area contributed by atoms with Gasteiger partial charge in [0.2, 0.25) is 10.0 Å². The van der Waals surface area contributed by atoms with Gasteiger partial charge in [0.15, 0.2) is 0 Å². The van der Waals surface area contributed by atoms with E-state index in [0.717, 1.165) is 21.7 Å². The Morgan fingerprint density at radius 2 is 1.62 bits per heavy atom. The number of sulfonamides is 1. The molecule has 0 aromatic heterocycles. The first-order valence-corrected chi connectivity index (χ1v) is 12.4. The summed E-state index contributed by atoms with van der Waals surface area (Å²) >= 11 is 0. The molecule has 3 aromatic rings. The lowest BCUT2D eigenvalue weighted by atomic mass is 10.2. The standard InChI is InChI=1S/C25H27N3O5S/c1-19(28(34(3,30)31)22-11-15-23(32-2)16-12-22)25(29)27-26-17-20-9-13-24(14-10-20)33-18-21-7-5-4-6-8-21/h4-17,19H,18H2,1-3H3,(H,27,29)/b26-17-/t19-/m1/s1. The van der Waals surface area contributed by atoms with E-state index in [9.17, 15) is 13.2 Å². The van der Waals surface area contributed by atoms with E-state index in [1.807, 2.05) is 42.5 Å². The Kier molecular flexibility index (Phi) is 8.26. The fourth-order valence-electron chi connectivity index (χ4n) is 3.19. The summed E-state index contributed by atoms with van der Waals surface area (Å²) in [5.41, 5.74) is 4.57. The zero-order valence-electron chi connectivity index (χ0n) is 19.2.